The highest BCUT2D eigenvalue weighted by Crippen LogP contribution is 2.24. The van der Waals surface area contributed by atoms with Crippen LogP contribution in [0.3, 0.4) is 0 Å². The Bertz CT molecular complexity index is 604. The van der Waals surface area contributed by atoms with Gasteiger partial charge < -0.3 is 9.84 Å². The lowest BCUT2D eigenvalue weighted by molar-refractivity contribution is 0.0695. The van der Waals surface area contributed by atoms with Gasteiger partial charge in [0.25, 0.3) is 0 Å². The van der Waals surface area contributed by atoms with E-state index in [0.717, 1.165) is 0 Å². The molecule has 1 N–H and O–H groups in total. The maximum absolute atomic E-state index is 13.5. The summed E-state index contributed by atoms with van der Waals surface area (Å²) in [6, 6.07) is 1.38. The topological polar surface area (TPSA) is 77.2 Å². The number of hydrogen-bond donors (Lipinski definition) is 1. The molecule has 100 valence electrons. The van der Waals surface area contributed by atoms with E-state index in [4.69, 9.17) is 9.84 Å². The van der Waals surface area contributed by atoms with Gasteiger partial charge in [0, 0.05) is 7.05 Å². The molecule has 0 radical (unpaired) electrons. The predicted molar refractivity (Wildman–Crippen MR) is 58.7 cm³/mol. The summed E-state index contributed by atoms with van der Waals surface area (Å²) in [6.07, 6.45) is 1.28. The van der Waals surface area contributed by atoms with Crippen LogP contribution >= 0.6 is 0 Å². The van der Waals surface area contributed by atoms with Crippen LogP contribution in [0.5, 0.6) is 5.75 Å². The summed E-state index contributed by atoms with van der Waals surface area (Å²) in [4.78, 5) is 14.4. The molecule has 8 heteroatoms. The van der Waals surface area contributed by atoms with E-state index in [1.54, 1.807) is 7.05 Å². The van der Waals surface area contributed by atoms with Crippen LogP contribution in [0, 0.1) is 11.6 Å². The smallest absolute Gasteiger partial charge is 0.335 e. The van der Waals surface area contributed by atoms with Crippen molar-refractivity contribution in [2.45, 2.75) is 6.61 Å². The van der Waals surface area contributed by atoms with E-state index < -0.39 is 28.9 Å². The molecule has 0 aliphatic rings. The number of aromatic carboxylic acids is 1. The summed E-state index contributed by atoms with van der Waals surface area (Å²) in [6.45, 7) is -0.184. The SMILES string of the molecule is Cn1ncnc1COc1c(F)cc(C(=O)O)cc1F. The van der Waals surface area contributed by atoms with Crippen molar-refractivity contribution < 1.29 is 23.4 Å². The summed E-state index contributed by atoms with van der Waals surface area (Å²) in [5.74, 6) is -3.86. The minimum Gasteiger partial charge on any atom is -0.479 e. The third kappa shape index (κ3) is 2.67. The van der Waals surface area contributed by atoms with Crippen LogP contribution < -0.4 is 4.74 Å². The molecule has 0 aliphatic carbocycles. The Labute approximate surface area is 106 Å². The van der Waals surface area contributed by atoms with Gasteiger partial charge in [-0.3, -0.25) is 4.68 Å². The monoisotopic (exact) mass is 269 g/mol. The normalized spacial score (nSPS) is 10.5. The first kappa shape index (κ1) is 12.9. The number of aromatic nitrogens is 3. The van der Waals surface area contributed by atoms with Gasteiger partial charge in [0.15, 0.2) is 23.2 Å². The molecule has 0 fully saturated rings. The van der Waals surface area contributed by atoms with Crippen molar-refractivity contribution in [3.63, 3.8) is 0 Å². The Hall–Kier alpha value is -2.51. The number of carboxylic acids is 1. The molecule has 0 aliphatic heterocycles. The summed E-state index contributed by atoms with van der Waals surface area (Å²) in [5, 5.41) is 12.4. The van der Waals surface area contributed by atoms with Gasteiger partial charge in [-0.05, 0) is 12.1 Å². The zero-order valence-electron chi connectivity index (χ0n) is 9.80. The largest absolute Gasteiger partial charge is 0.479 e. The molecule has 0 saturated heterocycles. The van der Waals surface area contributed by atoms with Crippen molar-refractivity contribution in [1.82, 2.24) is 14.8 Å². The van der Waals surface area contributed by atoms with Crippen LogP contribution in [0.25, 0.3) is 0 Å². The van der Waals surface area contributed by atoms with Gasteiger partial charge in [-0.15, -0.1) is 0 Å². The van der Waals surface area contributed by atoms with Gasteiger partial charge in [0.1, 0.15) is 12.9 Å². The second kappa shape index (κ2) is 5.01. The fraction of sp³-hybridized carbons (Fsp3) is 0.182. The first-order valence-electron chi connectivity index (χ1n) is 5.17. The molecule has 6 nitrogen and oxygen atoms in total. The summed E-state index contributed by atoms with van der Waals surface area (Å²) in [5.41, 5.74) is -0.485. The minimum atomic E-state index is -1.42. The number of carboxylic acid groups (broad SMARTS) is 1. The van der Waals surface area contributed by atoms with E-state index in [2.05, 4.69) is 10.1 Å². The molecule has 0 spiro atoms. The molecule has 1 heterocycles. The first-order valence-corrected chi connectivity index (χ1v) is 5.17. The van der Waals surface area contributed by atoms with Gasteiger partial charge >= 0.3 is 5.97 Å². The summed E-state index contributed by atoms with van der Waals surface area (Å²) >= 11 is 0. The van der Waals surface area contributed by atoms with E-state index in [1.807, 2.05) is 0 Å². The van der Waals surface area contributed by atoms with Gasteiger partial charge in [-0.25, -0.2) is 18.6 Å². The average molecular weight is 269 g/mol. The number of nitrogens with zero attached hydrogens (tertiary/aromatic N) is 3. The Morgan fingerprint density at radius 1 is 1.42 bits per heavy atom. The third-order valence-corrected chi connectivity index (χ3v) is 2.40. The lowest BCUT2D eigenvalue weighted by Crippen LogP contribution is -2.07. The molecule has 2 rings (SSSR count). The zero-order chi connectivity index (χ0) is 14.0. The van der Waals surface area contributed by atoms with E-state index in [0.29, 0.717) is 18.0 Å². The predicted octanol–water partition coefficient (Wildman–Crippen LogP) is 1.37. The average Bonchev–Trinajstić information content (AvgIpc) is 2.73. The van der Waals surface area contributed by atoms with Crippen molar-refractivity contribution in [2.75, 3.05) is 0 Å². The molecular formula is C11H9F2N3O3. The molecule has 0 saturated carbocycles. The number of hydrogen-bond acceptors (Lipinski definition) is 4. The number of rotatable bonds is 4. The maximum Gasteiger partial charge on any atom is 0.335 e. The van der Waals surface area contributed by atoms with Gasteiger partial charge in [-0.1, -0.05) is 0 Å². The highest BCUT2D eigenvalue weighted by Gasteiger charge is 2.16. The molecule has 2 aromatic rings. The molecule has 0 amide bonds. The maximum atomic E-state index is 13.5. The Balaban J connectivity index is 2.21. The van der Waals surface area contributed by atoms with Crippen LogP contribution in [-0.2, 0) is 13.7 Å². The molecule has 1 aromatic heterocycles. The lowest BCUT2D eigenvalue weighted by atomic mass is 10.2. The minimum absolute atomic E-state index is 0.184. The highest BCUT2D eigenvalue weighted by molar-refractivity contribution is 5.87. The number of carbonyl (C=O) groups is 1. The fourth-order valence-electron chi connectivity index (χ4n) is 1.41. The van der Waals surface area contributed by atoms with E-state index in [9.17, 15) is 13.6 Å². The molecule has 19 heavy (non-hydrogen) atoms. The third-order valence-electron chi connectivity index (χ3n) is 2.40. The fourth-order valence-corrected chi connectivity index (χ4v) is 1.41. The number of benzene rings is 1. The van der Waals surface area contributed by atoms with Crippen molar-refractivity contribution >= 4 is 5.97 Å². The van der Waals surface area contributed by atoms with Crippen molar-refractivity contribution in [2.24, 2.45) is 7.05 Å². The summed E-state index contributed by atoms with van der Waals surface area (Å²) in [7, 11) is 1.60. The second-order valence-electron chi connectivity index (χ2n) is 3.66. The van der Waals surface area contributed by atoms with Gasteiger partial charge in [0.2, 0.25) is 0 Å². The molecule has 1 aromatic carbocycles. The highest BCUT2D eigenvalue weighted by atomic mass is 19.1. The van der Waals surface area contributed by atoms with Gasteiger partial charge in [-0.2, -0.15) is 5.10 Å². The zero-order valence-corrected chi connectivity index (χ0v) is 9.80. The summed E-state index contributed by atoms with van der Waals surface area (Å²) < 4.78 is 33.4. The van der Waals surface area contributed by atoms with Crippen molar-refractivity contribution in [3.05, 3.63) is 41.5 Å². The van der Waals surface area contributed by atoms with Crippen LogP contribution in [-0.4, -0.2) is 25.8 Å². The van der Waals surface area contributed by atoms with Crippen LogP contribution in [0.2, 0.25) is 0 Å². The van der Waals surface area contributed by atoms with E-state index in [1.165, 1.54) is 11.0 Å². The Morgan fingerprint density at radius 2 is 2.05 bits per heavy atom. The van der Waals surface area contributed by atoms with Crippen LogP contribution in [0.1, 0.15) is 16.2 Å². The van der Waals surface area contributed by atoms with Crippen molar-refractivity contribution in [1.29, 1.82) is 0 Å². The van der Waals surface area contributed by atoms with Gasteiger partial charge in [0.05, 0.1) is 5.56 Å². The Kier molecular flexibility index (Phi) is 3.41. The van der Waals surface area contributed by atoms with Crippen LogP contribution in [0.15, 0.2) is 18.5 Å². The molecule has 0 atom stereocenters. The number of aryl methyl sites for hydroxylation is 1. The standard InChI is InChI=1S/C11H9F2N3O3/c1-16-9(14-5-15-16)4-19-10-7(12)2-6(11(17)18)3-8(10)13/h2-3,5H,4H2,1H3,(H,17,18). The first-order chi connectivity index (χ1) is 8.99. The van der Waals surface area contributed by atoms with E-state index >= 15 is 0 Å². The number of halogens is 2. The molecule has 0 unspecified atom stereocenters. The lowest BCUT2D eigenvalue weighted by Gasteiger charge is -2.08. The quantitative estimate of drug-likeness (QED) is 0.907. The van der Waals surface area contributed by atoms with E-state index in [-0.39, 0.29) is 6.61 Å². The molecule has 0 bridgehead atoms. The van der Waals surface area contributed by atoms with Crippen molar-refractivity contribution in [3.8, 4) is 5.75 Å². The Morgan fingerprint density at radius 3 is 2.53 bits per heavy atom. The van der Waals surface area contributed by atoms with Crippen LogP contribution in [0.4, 0.5) is 8.78 Å². The number of ether oxygens (including phenoxy) is 1. The molecular weight excluding hydrogens is 260 g/mol. The second-order valence-corrected chi connectivity index (χ2v) is 3.66.